The highest BCUT2D eigenvalue weighted by atomic mass is 19.4. The summed E-state index contributed by atoms with van der Waals surface area (Å²) in [4.78, 5) is 24.1. The Labute approximate surface area is 151 Å². The maximum absolute atomic E-state index is 13.7. The van der Waals surface area contributed by atoms with Crippen molar-refractivity contribution in [3.63, 3.8) is 0 Å². The van der Waals surface area contributed by atoms with Crippen LogP contribution in [0.1, 0.15) is 16.1 Å². The smallest absolute Gasteiger partial charge is 0.335 e. The summed E-state index contributed by atoms with van der Waals surface area (Å²) < 4.78 is 53.9. The van der Waals surface area contributed by atoms with E-state index in [0.29, 0.717) is 5.52 Å². The molecule has 27 heavy (non-hydrogen) atoms. The summed E-state index contributed by atoms with van der Waals surface area (Å²) in [5.74, 6) is -3.23. The number of hydrogen-bond acceptors (Lipinski definition) is 2. The molecule has 0 aliphatic rings. The van der Waals surface area contributed by atoms with E-state index in [-0.39, 0.29) is 23.3 Å². The molecule has 0 saturated heterocycles. The van der Waals surface area contributed by atoms with Crippen LogP contribution >= 0.6 is 0 Å². The number of aromatic nitrogens is 1. The SMILES string of the molecule is Cc1c(C(=O)C(F)(F)F)c2ccccc2n1CC(=O)Nc1ccccc1F. The lowest BCUT2D eigenvalue weighted by Gasteiger charge is -2.10. The third-order valence-corrected chi connectivity index (χ3v) is 4.17. The quantitative estimate of drug-likeness (QED) is 0.538. The lowest BCUT2D eigenvalue weighted by Crippen LogP contribution is -2.24. The molecular formula is C19H14F4N2O2. The molecule has 140 valence electrons. The zero-order chi connectivity index (χ0) is 19.8. The van der Waals surface area contributed by atoms with E-state index in [1.54, 1.807) is 6.07 Å². The third-order valence-electron chi connectivity index (χ3n) is 4.17. The van der Waals surface area contributed by atoms with Crippen LogP contribution in [0.2, 0.25) is 0 Å². The van der Waals surface area contributed by atoms with E-state index in [9.17, 15) is 27.2 Å². The van der Waals surface area contributed by atoms with E-state index in [1.807, 2.05) is 0 Å². The standard InChI is InChI=1S/C19H14F4N2O2/c1-11-17(18(27)19(21,22)23)12-6-2-5-9-15(12)25(11)10-16(26)24-14-8-4-3-7-13(14)20/h2-9H,10H2,1H3,(H,24,26). The van der Waals surface area contributed by atoms with Crippen molar-refractivity contribution in [3.05, 3.63) is 65.6 Å². The Bertz CT molecular complexity index is 1040. The van der Waals surface area contributed by atoms with Gasteiger partial charge in [0, 0.05) is 16.6 Å². The van der Waals surface area contributed by atoms with Crippen molar-refractivity contribution < 1.29 is 27.2 Å². The Balaban J connectivity index is 2.00. The molecule has 8 heteroatoms. The van der Waals surface area contributed by atoms with Gasteiger partial charge in [-0.25, -0.2) is 4.39 Å². The van der Waals surface area contributed by atoms with Gasteiger partial charge in [-0.2, -0.15) is 13.2 Å². The number of benzene rings is 2. The molecular weight excluding hydrogens is 364 g/mol. The lowest BCUT2D eigenvalue weighted by molar-refractivity contribution is -0.116. The summed E-state index contributed by atoms with van der Waals surface area (Å²) in [5.41, 5.74) is -0.200. The Morgan fingerprint density at radius 2 is 1.67 bits per heavy atom. The highest BCUT2D eigenvalue weighted by Gasteiger charge is 2.42. The van der Waals surface area contributed by atoms with E-state index in [0.717, 1.165) is 0 Å². The molecule has 0 aliphatic carbocycles. The first-order valence-corrected chi connectivity index (χ1v) is 7.94. The third kappa shape index (κ3) is 3.55. The molecule has 4 nitrogen and oxygen atoms in total. The van der Waals surface area contributed by atoms with Gasteiger partial charge in [0.25, 0.3) is 5.78 Å². The molecule has 0 radical (unpaired) electrons. The monoisotopic (exact) mass is 378 g/mol. The number of halogens is 4. The number of carbonyl (C=O) groups is 2. The minimum absolute atomic E-state index is 0.0159. The van der Waals surface area contributed by atoms with Crippen molar-refractivity contribution in [2.45, 2.75) is 19.6 Å². The summed E-state index contributed by atoms with van der Waals surface area (Å²) in [6.45, 7) is 0.973. The van der Waals surface area contributed by atoms with E-state index in [1.165, 1.54) is 54.0 Å². The van der Waals surface area contributed by atoms with Gasteiger partial charge in [0.1, 0.15) is 12.4 Å². The number of nitrogens with one attached hydrogen (secondary N) is 1. The van der Waals surface area contributed by atoms with Gasteiger partial charge in [-0.1, -0.05) is 30.3 Å². The Morgan fingerprint density at radius 3 is 2.33 bits per heavy atom. The zero-order valence-corrected chi connectivity index (χ0v) is 14.1. The number of fused-ring (bicyclic) bond motifs is 1. The second kappa shape index (κ2) is 6.86. The van der Waals surface area contributed by atoms with E-state index in [2.05, 4.69) is 5.32 Å². The molecule has 1 amide bonds. The van der Waals surface area contributed by atoms with Crippen molar-refractivity contribution in [2.75, 3.05) is 5.32 Å². The van der Waals surface area contributed by atoms with Crippen LogP contribution in [0.25, 0.3) is 10.9 Å². The number of hydrogen-bond donors (Lipinski definition) is 1. The fourth-order valence-electron chi connectivity index (χ4n) is 2.96. The van der Waals surface area contributed by atoms with E-state index in [4.69, 9.17) is 0 Å². The minimum atomic E-state index is -5.03. The highest BCUT2D eigenvalue weighted by Crippen LogP contribution is 2.31. The van der Waals surface area contributed by atoms with Crippen LogP contribution in [0.5, 0.6) is 0 Å². The van der Waals surface area contributed by atoms with Crippen LogP contribution < -0.4 is 5.32 Å². The number of alkyl halides is 3. The van der Waals surface area contributed by atoms with Crippen molar-refractivity contribution in [1.82, 2.24) is 4.57 Å². The van der Waals surface area contributed by atoms with Crippen molar-refractivity contribution in [3.8, 4) is 0 Å². The first kappa shape index (κ1) is 18.6. The maximum atomic E-state index is 13.7. The number of ketones is 1. The fraction of sp³-hybridized carbons (Fsp3) is 0.158. The van der Waals surface area contributed by atoms with Gasteiger partial charge in [0.2, 0.25) is 5.91 Å². The maximum Gasteiger partial charge on any atom is 0.454 e. The molecule has 0 unspecified atom stereocenters. The predicted octanol–water partition coefficient (Wildman–Crippen LogP) is 4.47. The highest BCUT2D eigenvalue weighted by molar-refractivity contribution is 6.12. The normalized spacial score (nSPS) is 11.6. The number of para-hydroxylation sites is 2. The molecule has 0 fully saturated rings. The molecule has 0 saturated carbocycles. The Kier molecular flexibility index (Phi) is 4.73. The van der Waals surface area contributed by atoms with Gasteiger partial charge in [-0.05, 0) is 25.1 Å². The Hall–Kier alpha value is -3.16. The molecule has 1 heterocycles. The largest absolute Gasteiger partial charge is 0.454 e. The first-order chi connectivity index (χ1) is 12.7. The molecule has 0 spiro atoms. The van der Waals surface area contributed by atoms with E-state index >= 15 is 0 Å². The number of rotatable bonds is 4. The Morgan fingerprint density at radius 1 is 1.04 bits per heavy atom. The summed E-state index contributed by atoms with van der Waals surface area (Å²) in [5, 5.41) is 2.48. The minimum Gasteiger partial charge on any atom is -0.335 e. The van der Waals surface area contributed by atoms with Crippen molar-refractivity contribution in [2.24, 2.45) is 0 Å². The number of anilines is 1. The van der Waals surface area contributed by atoms with Crippen molar-refractivity contribution in [1.29, 1.82) is 0 Å². The van der Waals surface area contributed by atoms with Gasteiger partial charge < -0.3 is 9.88 Å². The zero-order valence-electron chi connectivity index (χ0n) is 14.1. The average molecular weight is 378 g/mol. The summed E-state index contributed by atoms with van der Waals surface area (Å²) in [6.07, 6.45) is -5.03. The molecule has 0 aliphatic heterocycles. The topological polar surface area (TPSA) is 51.1 Å². The van der Waals surface area contributed by atoms with Gasteiger partial charge in [-0.15, -0.1) is 0 Å². The van der Waals surface area contributed by atoms with Gasteiger partial charge in [0.05, 0.1) is 11.3 Å². The average Bonchev–Trinajstić information content (AvgIpc) is 2.87. The van der Waals surface area contributed by atoms with Crippen LogP contribution in [0.15, 0.2) is 48.5 Å². The summed E-state index contributed by atoms with van der Waals surface area (Å²) in [7, 11) is 0. The number of Topliss-reactive ketones (excluding diaryl/α,β-unsaturated/α-hetero) is 1. The van der Waals surface area contributed by atoms with Crippen LogP contribution in [-0.4, -0.2) is 22.4 Å². The number of carbonyl (C=O) groups excluding carboxylic acids is 2. The number of amides is 1. The molecule has 3 rings (SSSR count). The predicted molar refractivity (Wildman–Crippen MR) is 92.1 cm³/mol. The summed E-state index contributed by atoms with van der Waals surface area (Å²) >= 11 is 0. The van der Waals surface area contributed by atoms with Crippen molar-refractivity contribution >= 4 is 28.3 Å². The number of nitrogens with zero attached hydrogens (tertiary/aromatic N) is 1. The lowest BCUT2D eigenvalue weighted by atomic mass is 10.1. The van der Waals surface area contributed by atoms with E-state index < -0.39 is 29.2 Å². The summed E-state index contributed by atoms with van der Waals surface area (Å²) in [6, 6.07) is 11.6. The van der Waals surface area contributed by atoms with Gasteiger partial charge in [-0.3, -0.25) is 9.59 Å². The molecule has 2 aromatic carbocycles. The molecule has 1 aromatic heterocycles. The van der Waals surface area contributed by atoms with Crippen LogP contribution in [0.4, 0.5) is 23.2 Å². The van der Waals surface area contributed by atoms with Crippen LogP contribution in [0.3, 0.4) is 0 Å². The van der Waals surface area contributed by atoms with Gasteiger partial charge >= 0.3 is 6.18 Å². The van der Waals surface area contributed by atoms with Crippen LogP contribution in [0, 0.1) is 12.7 Å². The van der Waals surface area contributed by atoms with Gasteiger partial charge in [0.15, 0.2) is 0 Å². The molecule has 3 aromatic rings. The fourth-order valence-corrected chi connectivity index (χ4v) is 2.96. The molecule has 0 atom stereocenters. The second-order valence-corrected chi connectivity index (χ2v) is 5.92. The first-order valence-electron chi connectivity index (χ1n) is 7.94. The van der Waals surface area contributed by atoms with Crippen LogP contribution in [-0.2, 0) is 11.3 Å². The second-order valence-electron chi connectivity index (χ2n) is 5.92. The molecule has 1 N–H and O–H groups in total. The molecule has 0 bridgehead atoms.